The maximum Gasteiger partial charge on any atom is 0.335 e. The van der Waals surface area contributed by atoms with Gasteiger partial charge in [-0.15, -0.1) is 0 Å². The molecule has 0 N–H and O–H groups in total. The summed E-state index contributed by atoms with van der Waals surface area (Å²) in [6.45, 7) is 3.96. The Kier molecular flexibility index (Phi) is 5.58. The van der Waals surface area contributed by atoms with Gasteiger partial charge < -0.3 is 4.74 Å². The maximum absolute atomic E-state index is 13.8. The zero-order chi connectivity index (χ0) is 26.8. The van der Waals surface area contributed by atoms with Gasteiger partial charge in [-0.05, 0) is 78.3 Å². The highest BCUT2D eigenvalue weighted by Crippen LogP contribution is 2.65. The van der Waals surface area contributed by atoms with Crippen molar-refractivity contribution in [3.8, 4) is 16.9 Å². The summed E-state index contributed by atoms with van der Waals surface area (Å²) in [5.74, 6) is -0.0230. The Bertz CT molecular complexity index is 1470. The molecule has 0 spiro atoms. The number of allylic oxidation sites excluding steroid dienone is 2. The lowest BCUT2D eigenvalue weighted by Crippen LogP contribution is -2.48. The molecule has 4 aliphatic carbocycles. The summed E-state index contributed by atoms with van der Waals surface area (Å²) in [6.07, 6.45) is 5.63. The molecule has 8 rings (SSSR count). The number of aryl methyl sites for hydroxylation is 2. The van der Waals surface area contributed by atoms with Gasteiger partial charge >= 0.3 is 5.97 Å². The molecule has 3 fully saturated rings. The third-order valence-electron chi connectivity index (χ3n) is 9.32. The van der Waals surface area contributed by atoms with Gasteiger partial charge in [-0.3, -0.25) is 14.5 Å². The predicted octanol–water partition coefficient (Wildman–Crippen LogP) is 5.54. The van der Waals surface area contributed by atoms with Crippen molar-refractivity contribution in [2.24, 2.45) is 35.5 Å². The Hall–Kier alpha value is -3.99. The summed E-state index contributed by atoms with van der Waals surface area (Å²) in [5, 5.41) is 0. The van der Waals surface area contributed by atoms with Crippen LogP contribution in [0.1, 0.15) is 23.1 Å². The summed E-state index contributed by atoms with van der Waals surface area (Å²) >= 11 is 0. The summed E-state index contributed by atoms with van der Waals surface area (Å²) in [6, 6.07) is 22.5. The van der Waals surface area contributed by atoms with Crippen molar-refractivity contribution in [1.82, 2.24) is 4.90 Å². The molecule has 5 aliphatic rings. The van der Waals surface area contributed by atoms with Gasteiger partial charge in [-0.25, -0.2) is 4.79 Å². The Morgan fingerprint density at radius 3 is 2.08 bits per heavy atom. The summed E-state index contributed by atoms with van der Waals surface area (Å²) in [7, 11) is 0. The van der Waals surface area contributed by atoms with Crippen LogP contribution >= 0.6 is 0 Å². The van der Waals surface area contributed by atoms with Gasteiger partial charge in [0, 0.05) is 6.42 Å². The standard InChI is InChI=1S/C34H31NO4/c1-19-8-10-22(11-9-19)23-12-15-29(20(2)16-23)39-34(38)28(17-21-6-4-3-5-7-21)35-32(36)30-24-13-14-25(27-18-26(24)27)31(30)33(35)37/h3-16,24-28,30-31H,17-18H2,1-2H3/t24-,25-,26-,27-,28+,30+,31+/m1/s1. The van der Waals surface area contributed by atoms with Crippen molar-refractivity contribution in [3.63, 3.8) is 0 Å². The number of hydrogen-bond donors (Lipinski definition) is 0. The van der Waals surface area contributed by atoms with Crippen LogP contribution < -0.4 is 4.74 Å². The minimum Gasteiger partial charge on any atom is -0.425 e. The lowest BCUT2D eigenvalue weighted by molar-refractivity contribution is -0.153. The normalized spacial score (nSPS) is 28.7. The Morgan fingerprint density at radius 2 is 1.46 bits per heavy atom. The van der Waals surface area contributed by atoms with Crippen LogP contribution in [0, 0.1) is 49.4 Å². The first-order chi connectivity index (χ1) is 18.9. The topological polar surface area (TPSA) is 63.7 Å². The van der Waals surface area contributed by atoms with Gasteiger partial charge in [0.2, 0.25) is 11.8 Å². The molecular formula is C34H31NO4. The molecular weight excluding hydrogens is 486 g/mol. The Labute approximate surface area is 228 Å². The van der Waals surface area contributed by atoms with Crippen LogP contribution in [-0.4, -0.2) is 28.7 Å². The number of hydrogen-bond acceptors (Lipinski definition) is 4. The molecule has 5 nitrogen and oxygen atoms in total. The van der Waals surface area contributed by atoms with E-state index < -0.39 is 12.0 Å². The van der Waals surface area contributed by atoms with Gasteiger partial charge in [-0.2, -0.15) is 0 Å². The van der Waals surface area contributed by atoms with Crippen LogP contribution in [0.25, 0.3) is 11.1 Å². The summed E-state index contributed by atoms with van der Waals surface area (Å²) in [5.41, 5.74) is 5.00. The molecule has 1 aliphatic heterocycles. The quantitative estimate of drug-likeness (QED) is 0.186. The van der Waals surface area contributed by atoms with E-state index >= 15 is 0 Å². The highest BCUT2D eigenvalue weighted by molar-refractivity contribution is 6.09. The second kappa shape index (κ2) is 9.04. The van der Waals surface area contributed by atoms with E-state index in [1.54, 1.807) is 6.07 Å². The number of carbonyl (C=O) groups excluding carboxylic acids is 3. The van der Waals surface area contributed by atoms with Gasteiger partial charge in [0.15, 0.2) is 0 Å². The van der Waals surface area contributed by atoms with E-state index in [0.29, 0.717) is 17.6 Å². The predicted molar refractivity (Wildman–Crippen MR) is 147 cm³/mol. The summed E-state index contributed by atoms with van der Waals surface area (Å²) in [4.78, 5) is 42.8. The number of rotatable bonds is 6. The SMILES string of the molecule is Cc1ccc(-c2ccc(OC(=O)[C@H](Cc3ccccc3)N3C(=O)[C@H]4[C@@H]5C=C[C@H]([C@H]6C[C@H]56)[C@@H]4C3=O)c(C)c2)cc1. The lowest BCUT2D eigenvalue weighted by atomic mass is 9.63. The van der Waals surface area contributed by atoms with Crippen LogP contribution in [0.15, 0.2) is 84.9 Å². The monoisotopic (exact) mass is 517 g/mol. The van der Waals surface area contributed by atoms with Gasteiger partial charge in [0.05, 0.1) is 11.8 Å². The Morgan fingerprint density at radius 1 is 0.846 bits per heavy atom. The molecule has 1 saturated heterocycles. The molecule has 39 heavy (non-hydrogen) atoms. The lowest BCUT2D eigenvalue weighted by Gasteiger charge is -2.37. The molecule has 0 unspecified atom stereocenters. The number of ether oxygens (including phenoxy) is 1. The number of imide groups is 1. The third kappa shape index (κ3) is 3.94. The molecule has 2 amide bonds. The molecule has 7 atom stereocenters. The minimum absolute atomic E-state index is 0.108. The highest BCUT2D eigenvalue weighted by Gasteiger charge is 2.68. The van der Waals surface area contributed by atoms with Crippen LogP contribution in [0.3, 0.4) is 0 Å². The van der Waals surface area contributed by atoms with E-state index in [0.717, 1.165) is 28.7 Å². The number of benzene rings is 3. The number of likely N-dealkylation sites (tertiary alicyclic amines) is 1. The summed E-state index contributed by atoms with van der Waals surface area (Å²) < 4.78 is 5.95. The second-order valence-corrected chi connectivity index (χ2v) is 11.7. The average molecular weight is 518 g/mol. The van der Waals surface area contributed by atoms with Crippen molar-refractivity contribution in [3.05, 3.63) is 102 Å². The van der Waals surface area contributed by atoms with Crippen molar-refractivity contribution in [2.45, 2.75) is 32.7 Å². The molecule has 2 bridgehead atoms. The fourth-order valence-corrected chi connectivity index (χ4v) is 7.27. The van der Waals surface area contributed by atoms with Crippen LogP contribution in [0.4, 0.5) is 0 Å². The van der Waals surface area contributed by atoms with E-state index in [9.17, 15) is 14.4 Å². The largest absolute Gasteiger partial charge is 0.425 e. The fraction of sp³-hybridized carbons (Fsp3) is 0.324. The van der Waals surface area contributed by atoms with Crippen molar-refractivity contribution >= 4 is 17.8 Å². The number of carbonyl (C=O) groups is 3. The molecule has 3 aromatic carbocycles. The van der Waals surface area contributed by atoms with Gasteiger partial charge in [0.1, 0.15) is 11.8 Å². The van der Waals surface area contributed by atoms with E-state index in [4.69, 9.17) is 4.74 Å². The van der Waals surface area contributed by atoms with Crippen LogP contribution in [0.2, 0.25) is 0 Å². The minimum atomic E-state index is -1.01. The van der Waals surface area contributed by atoms with Crippen molar-refractivity contribution in [1.29, 1.82) is 0 Å². The average Bonchev–Trinajstić information content (AvgIpc) is 3.73. The molecule has 2 saturated carbocycles. The van der Waals surface area contributed by atoms with Crippen LogP contribution in [0.5, 0.6) is 5.75 Å². The van der Waals surface area contributed by atoms with Gasteiger partial charge in [0.25, 0.3) is 0 Å². The number of esters is 1. The number of nitrogens with zero attached hydrogens (tertiary/aromatic N) is 1. The molecule has 0 aromatic heterocycles. The molecule has 1 heterocycles. The molecule has 3 aromatic rings. The molecule has 0 radical (unpaired) electrons. The highest BCUT2D eigenvalue weighted by atomic mass is 16.5. The van der Waals surface area contributed by atoms with Crippen LogP contribution in [-0.2, 0) is 20.8 Å². The maximum atomic E-state index is 13.8. The fourth-order valence-electron chi connectivity index (χ4n) is 7.27. The van der Waals surface area contributed by atoms with E-state index in [1.807, 2.05) is 49.4 Å². The Balaban J connectivity index is 1.18. The third-order valence-corrected chi connectivity index (χ3v) is 9.32. The second-order valence-electron chi connectivity index (χ2n) is 11.7. The van der Waals surface area contributed by atoms with Crippen molar-refractivity contribution in [2.75, 3.05) is 0 Å². The first-order valence-corrected chi connectivity index (χ1v) is 13.9. The van der Waals surface area contributed by atoms with Gasteiger partial charge in [-0.1, -0.05) is 78.4 Å². The first-order valence-electron chi connectivity index (χ1n) is 13.9. The first kappa shape index (κ1) is 24.1. The smallest absolute Gasteiger partial charge is 0.335 e. The zero-order valence-electron chi connectivity index (χ0n) is 22.1. The van der Waals surface area contributed by atoms with E-state index in [1.165, 1.54) is 10.5 Å². The number of amides is 2. The zero-order valence-corrected chi connectivity index (χ0v) is 22.1. The van der Waals surface area contributed by atoms with Crippen molar-refractivity contribution < 1.29 is 19.1 Å². The molecule has 5 heteroatoms. The molecule has 196 valence electrons. The van der Waals surface area contributed by atoms with E-state index in [-0.39, 0.29) is 41.9 Å². The van der Waals surface area contributed by atoms with E-state index in [2.05, 4.69) is 43.3 Å².